The second-order valence-electron chi connectivity index (χ2n) is 6.16. The molecule has 1 aliphatic heterocycles. The van der Waals surface area contributed by atoms with E-state index in [1.54, 1.807) is 11.0 Å². The first-order valence-electron chi connectivity index (χ1n) is 7.92. The van der Waals surface area contributed by atoms with E-state index in [1.807, 2.05) is 37.3 Å². The van der Waals surface area contributed by atoms with Crippen LogP contribution < -0.4 is 0 Å². The molecule has 0 radical (unpaired) electrons. The van der Waals surface area contributed by atoms with Gasteiger partial charge in [0, 0.05) is 18.9 Å². The molecule has 1 aliphatic rings. The summed E-state index contributed by atoms with van der Waals surface area (Å²) < 4.78 is 6.05. The van der Waals surface area contributed by atoms with Crippen LogP contribution in [0.1, 0.15) is 32.8 Å². The van der Waals surface area contributed by atoms with Crippen LogP contribution in [0.15, 0.2) is 54.3 Å². The van der Waals surface area contributed by atoms with Gasteiger partial charge in [0.1, 0.15) is 5.76 Å². The third-order valence-corrected chi connectivity index (χ3v) is 4.30. The van der Waals surface area contributed by atoms with Crippen molar-refractivity contribution in [3.63, 3.8) is 0 Å². The first-order chi connectivity index (χ1) is 10.9. The molecule has 2 atom stereocenters. The number of carbonyl (C=O) groups is 1. The maximum absolute atomic E-state index is 13.0. The molecule has 2 unspecified atom stereocenters. The first-order valence-corrected chi connectivity index (χ1v) is 8.35. The molecule has 0 aromatic heterocycles. The zero-order valence-corrected chi connectivity index (χ0v) is 14.7. The maximum atomic E-state index is 13.0. The van der Waals surface area contributed by atoms with Gasteiger partial charge in [-0.15, -0.1) is 18.2 Å². The van der Waals surface area contributed by atoms with Gasteiger partial charge in [-0.25, -0.2) is 0 Å². The van der Waals surface area contributed by atoms with Gasteiger partial charge in [0.05, 0.1) is 11.0 Å². The van der Waals surface area contributed by atoms with E-state index in [0.29, 0.717) is 24.3 Å². The van der Waals surface area contributed by atoms with Crippen LogP contribution >= 0.6 is 11.6 Å². The monoisotopic (exact) mass is 333 g/mol. The Morgan fingerprint density at radius 1 is 1.35 bits per heavy atom. The smallest absolute Gasteiger partial charge is 0.256 e. The van der Waals surface area contributed by atoms with Gasteiger partial charge in [-0.2, -0.15) is 0 Å². The summed E-state index contributed by atoms with van der Waals surface area (Å²) in [7, 11) is 0. The predicted molar refractivity (Wildman–Crippen MR) is 93.9 cm³/mol. The minimum Gasteiger partial charge on any atom is -0.474 e. The van der Waals surface area contributed by atoms with Crippen LogP contribution in [-0.4, -0.2) is 22.4 Å². The highest BCUT2D eigenvalue weighted by Gasteiger charge is 2.36. The van der Waals surface area contributed by atoms with Crippen LogP contribution in [-0.2, 0) is 16.1 Å². The highest BCUT2D eigenvalue weighted by molar-refractivity contribution is 6.22. The molecule has 0 bridgehead atoms. The zero-order valence-electron chi connectivity index (χ0n) is 14.0. The number of benzene rings is 1. The number of allylic oxidation sites excluding steroid dienone is 2. The number of hydrogen-bond acceptors (Lipinski definition) is 2. The van der Waals surface area contributed by atoms with Crippen molar-refractivity contribution in [1.82, 2.24) is 4.90 Å². The molecule has 0 aliphatic carbocycles. The topological polar surface area (TPSA) is 29.5 Å². The van der Waals surface area contributed by atoms with E-state index in [0.717, 1.165) is 5.56 Å². The number of rotatable bonds is 6. The van der Waals surface area contributed by atoms with Crippen molar-refractivity contribution in [1.29, 1.82) is 0 Å². The minimum atomic E-state index is -0.276. The molecule has 2 rings (SSSR count). The summed E-state index contributed by atoms with van der Waals surface area (Å²) in [6.45, 7) is 10.2. The number of alkyl halides is 1. The van der Waals surface area contributed by atoms with Crippen molar-refractivity contribution >= 4 is 17.5 Å². The Bertz CT molecular complexity index is 595. The summed E-state index contributed by atoms with van der Waals surface area (Å²) in [4.78, 5) is 14.8. The fourth-order valence-corrected chi connectivity index (χ4v) is 2.86. The molecule has 0 saturated heterocycles. The standard InChI is InChI=1S/C19H24ClNO2/c1-5-16(20)11-17-14(4)23-19(13(2)3)21(18(17)22)12-15-9-7-6-8-10-15/h5-10,13,16,19H,1,11-12H2,2-4H3. The van der Waals surface area contributed by atoms with Crippen molar-refractivity contribution in [2.45, 2.75) is 45.3 Å². The molecule has 0 N–H and O–H groups in total. The molecule has 1 heterocycles. The van der Waals surface area contributed by atoms with Crippen LogP contribution in [0.4, 0.5) is 0 Å². The minimum absolute atomic E-state index is 0.00352. The fourth-order valence-electron chi connectivity index (χ4n) is 2.70. The number of ether oxygens (including phenoxy) is 1. The molecule has 23 heavy (non-hydrogen) atoms. The average Bonchev–Trinajstić information content (AvgIpc) is 2.54. The van der Waals surface area contributed by atoms with Crippen molar-refractivity contribution in [2.24, 2.45) is 5.92 Å². The maximum Gasteiger partial charge on any atom is 0.256 e. The second kappa shape index (κ2) is 7.69. The van der Waals surface area contributed by atoms with Gasteiger partial charge in [-0.1, -0.05) is 50.3 Å². The van der Waals surface area contributed by atoms with E-state index >= 15 is 0 Å². The van der Waals surface area contributed by atoms with Gasteiger partial charge < -0.3 is 4.74 Å². The number of amides is 1. The summed E-state index contributed by atoms with van der Waals surface area (Å²) in [5.74, 6) is 0.875. The van der Waals surface area contributed by atoms with Crippen LogP contribution in [0.25, 0.3) is 0 Å². The lowest BCUT2D eigenvalue weighted by molar-refractivity contribution is -0.150. The van der Waals surface area contributed by atoms with Gasteiger partial charge in [0.15, 0.2) is 6.23 Å². The Labute approximate surface area is 143 Å². The largest absolute Gasteiger partial charge is 0.474 e. The molecular weight excluding hydrogens is 310 g/mol. The Kier molecular flexibility index (Phi) is 5.89. The highest BCUT2D eigenvalue weighted by Crippen LogP contribution is 2.30. The lowest BCUT2D eigenvalue weighted by atomic mass is 10.0. The predicted octanol–water partition coefficient (Wildman–Crippen LogP) is 4.49. The molecule has 0 fully saturated rings. The summed E-state index contributed by atoms with van der Waals surface area (Å²) in [5, 5.41) is -0.276. The lowest BCUT2D eigenvalue weighted by Gasteiger charge is -2.39. The Hall–Kier alpha value is -1.74. The van der Waals surface area contributed by atoms with Gasteiger partial charge in [0.25, 0.3) is 5.91 Å². The number of carbonyl (C=O) groups excluding carboxylic acids is 1. The summed E-state index contributed by atoms with van der Waals surface area (Å²) in [6.07, 6.45) is 1.82. The van der Waals surface area contributed by atoms with Crippen LogP contribution in [0.3, 0.4) is 0 Å². The van der Waals surface area contributed by atoms with Gasteiger partial charge in [-0.05, 0) is 12.5 Å². The number of halogens is 1. The quantitative estimate of drug-likeness (QED) is 0.567. The van der Waals surface area contributed by atoms with Gasteiger partial charge in [-0.3, -0.25) is 9.69 Å². The summed E-state index contributed by atoms with van der Waals surface area (Å²) in [5.41, 5.74) is 1.72. The molecular formula is C19H24ClNO2. The third-order valence-electron chi connectivity index (χ3n) is 3.97. The fraction of sp³-hybridized carbons (Fsp3) is 0.421. The Morgan fingerprint density at radius 3 is 2.57 bits per heavy atom. The molecule has 4 heteroatoms. The van der Waals surface area contributed by atoms with E-state index in [4.69, 9.17) is 16.3 Å². The molecule has 0 spiro atoms. The van der Waals surface area contributed by atoms with Crippen LogP contribution in [0.2, 0.25) is 0 Å². The van der Waals surface area contributed by atoms with Crippen molar-refractivity contribution in [2.75, 3.05) is 0 Å². The molecule has 124 valence electrons. The molecule has 3 nitrogen and oxygen atoms in total. The first kappa shape index (κ1) is 17.6. The number of hydrogen-bond donors (Lipinski definition) is 0. The highest BCUT2D eigenvalue weighted by atomic mass is 35.5. The molecule has 1 aromatic carbocycles. The average molecular weight is 334 g/mol. The molecule has 1 amide bonds. The zero-order chi connectivity index (χ0) is 17.0. The van der Waals surface area contributed by atoms with E-state index in [1.165, 1.54) is 0 Å². The Morgan fingerprint density at radius 2 is 2.00 bits per heavy atom. The van der Waals surface area contributed by atoms with Crippen LogP contribution in [0, 0.1) is 5.92 Å². The number of nitrogens with zero attached hydrogens (tertiary/aromatic N) is 1. The van der Waals surface area contributed by atoms with E-state index in [-0.39, 0.29) is 23.4 Å². The Balaban J connectivity index is 2.30. The van der Waals surface area contributed by atoms with Crippen molar-refractivity contribution < 1.29 is 9.53 Å². The SMILES string of the molecule is C=CC(Cl)CC1=C(C)OC(C(C)C)N(Cc2ccccc2)C1=O. The van der Waals surface area contributed by atoms with E-state index in [2.05, 4.69) is 20.4 Å². The summed E-state index contributed by atoms with van der Waals surface area (Å²) in [6, 6.07) is 9.95. The van der Waals surface area contributed by atoms with Gasteiger partial charge in [0.2, 0.25) is 0 Å². The normalized spacial score (nSPS) is 19.8. The molecule has 1 aromatic rings. The van der Waals surface area contributed by atoms with Crippen LogP contribution in [0.5, 0.6) is 0 Å². The van der Waals surface area contributed by atoms with E-state index < -0.39 is 0 Å². The van der Waals surface area contributed by atoms with Crippen molar-refractivity contribution in [3.05, 3.63) is 59.9 Å². The van der Waals surface area contributed by atoms with E-state index in [9.17, 15) is 4.79 Å². The van der Waals surface area contributed by atoms with Gasteiger partial charge >= 0.3 is 0 Å². The molecule has 0 saturated carbocycles. The second-order valence-corrected chi connectivity index (χ2v) is 6.72. The third kappa shape index (κ3) is 4.17. The summed E-state index contributed by atoms with van der Waals surface area (Å²) >= 11 is 6.16. The van der Waals surface area contributed by atoms with Crippen molar-refractivity contribution in [3.8, 4) is 0 Å². The lowest BCUT2D eigenvalue weighted by Crippen LogP contribution is -2.48.